The molecule has 0 bridgehead atoms. The zero-order valence-electron chi connectivity index (χ0n) is 14.9. The molecule has 150 valence electrons. The topological polar surface area (TPSA) is 47.6 Å². The Morgan fingerprint density at radius 2 is 1.79 bits per heavy atom. The van der Waals surface area contributed by atoms with Gasteiger partial charge in [-0.15, -0.1) is 0 Å². The number of ether oxygens (including phenoxy) is 2. The monoisotopic (exact) mass is 413 g/mol. The molecule has 0 unspecified atom stereocenters. The average Bonchev–Trinajstić information content (AvgIpc) is 2.87. The first-order valence-electron chi connectivity index (χ1n) is 8.84. The average molecular weight is 414 g/mol. The van der Waals surface area contributed by atoms with Crippen molar-refractivity contribution in [2.24, 2.45) is 0 Å². The Bertz CT molecular complexity index is 838. The number of rotatable bonds is 5. The molecule has 4 nitrogen and oxygen atoms in total. The highest BCUT2D eigenvalue weighted by atomic mass is 35.5. The molecule has 0 aliphatic carbocycles. The fourth-order valence-electron chi connectivity index (χ4n) is 2.84. The number of alkyl halides is 3. The van der Waals surface area contributed by atoms with Crippen LogP contribution < -0.4 is 14.8 Å². The van der Waals surface area contributed by atoms with Gasteiger partial charge in [0.25, 0.3) is 0 Å². The number of carbonyl (C=O) groups excluding carboxylic acids is 1. The van der Waals surface area contributed by atoms with E-state index in [1.807, 2.05) is 0 Å². The van der Waals surface area contributed by atoms with Crippen LogP contribution in [-0.2, 0) is 23.8 Å². The Morgan fingerprint density at radius 3 is 2.50 bits per heavy atom. The van der Waals surface area contributed by atoms with Gasteiger partial charge in [-0.1, -0.05) is 23.7 Å². The fourth-order valence-corrected chi connectivity index (χ4v) is 3.13. The minimum atomic E-state index is -4.35. The lowest BCUT2D eigenvalue weighted by atomic mass is 10.1. The molecular weight excluding hydrogens is 395 g/mol. The predicted octanol–water partition coefficient (Wildman–Crippen LogP) is 4.42. The van der Waals surface area contributed by atoms with Crippen LogP contribution in [0, 0.1) is 0 Å². The lowest BCUT2D eigenvalue weighted by Gasteiger charge is -2.12. The molecule has 0 saturated carbocycles. The number of amides is 1. The summed E-state index contributed by atoms with van der Waals surface area (Å²) in [6, 6.07) is 8.32. The summed E-state index contributed by atoms with van der Waals surface area (Å²) >= 11 is 6.22. The summed E-state index contributed by atoms with van der Waals surface area (Å²) in [4.78, 5) is 12.2. The van der Waals surface area contributed by atoms with E-state index in [4.69, 9.17) is 21.1 Å². The predicted molar refractivity (Wildman–Crippen MR) is 98.9 cm³/mol. The molecule has 8 heteroatoms. The van der Waals surface area contributed by atoms with Crippen LogP contribution in [0.5, 0.6) is 11.5 Å². The summed E-state index contributed by atoms with van der Waals surface area (Å²) in [5.74, 6) is 0.806. The van der Waals surface area contributed by atoms with E-state index < -0.39 is 11.7 Å². The minimum Gasteiger partial charge on any atom is -0.489 e. The maximum absolute atomic E-state index is 12.6. The molecule has 0 aromatic heterocycles. The van der Waals surface area contributed by atoms with E-state index in [1.165, 1.54) is 12.1 Å². The highest BCUT2D eigenvalue weighted by Gasteiger charge is 2.29. The molecule has 2 aromatic rings. The van der Waals surface area contributed by atoms with Gasteiger partial charge >= 0.3 is 6.18 Å². The van der Waals surface area contributed by atoms with Crippen molar-refractivity contribution in [3.63, 3.8) is 0 Å². The molecule has 3 rings (SSSR count). The van der Waals surface area contributed by atoms with E-state index in [0.717, 1.165) is 18.6 Å². The molecule has 0 atom stereocenters. The highest BCUT2D eigenvalue weighted by Crippen LogP contribution is 2.38. The van der Waals surface area contributed by atoms with Crippen LogP contribution in [0.1, 0.15) is 23.1 Å². The Balaban J connectivity index is 1.52. The Kier molecular flexibility index (Phi) is 6.34. The second kappa shape index (κ2) is 8.73. The van der Waals surface area contributed by atoms with Crippen LogP contribution in [0.4, 0.5) is 13.2 Å². The van der Waals surface area contributed by atoms with Gasteiger partial charge < -0.3 is 14.8 Å². The Labute approximate surface area is 165 Å². The zero-order valence-corrected chi connectivity index (χ0v) is 15.7. The van der Waals surface area contributed by atoms with Crippen molar-refractivity contribution in [1.82, 2.24) is 5.32 Å². The summed E-state index contributed by atoms with van der Waals surface area (Å²) in [5, 5.41) is 3.16. The molecule has 1 N–H and O–H groups in total. The molecule has 0 radical (unpaired) electrons. The maximum Gasteiger partial charge on any atom is 0.416 e. The maximum atomic E-state index is 12.6. The molecule has 1 aliphatic rings. The van der Waals surface area contributed by atoms with Crippen LogP contribution >= 0.6 is 11.6 Å². The van der Waals surface area contributed by atoms with Gasteiger partial charge in [0.2, 0.25) is 5.91 Å². The first-order valence-corrected chi connectivity index (χ1v) is 9.21. The van der Waals surface area contributed by atoms with E-state index in [9.17, 15) is 18.0 Å². The summed E-state index contributed by atoms with van der Waals surface area (Å²) < 4.78 is 48.8. The Morgan fingerprint density at radius 1 is 1.07 bits per heavy atom. The van der Waals surface area contributed by atoms with Gasteiger partial charge in [-0.25, -0.2) is 0 Å². The van der Waals surface area contributed by atoms with Crippen molar-refractivity contribution in [1.29, 1.82) is 0 Å². The van der Waals surface area contributed by atoms with Gasteiger partial charge in [0.15, 0.2) is 11.5 Å². The number of hydrogen-bond donors (Lipinski definition) is 1. The van der Waals surface area contributed by atoms with Gasteiger partial charge in [0.05, 0.1) is 30.2 Å². The van der Waals surface area contributed by atoms with Gasteiger partial charge in [-0.05, 0) is 41.8 Å². The third kappa shape index (κ3) is 5.32. The van der Waals surface area contributed by atoms with Crippen LogP contribution in [0.25, 0.3) is 0 Å². The SMILES string of the molecule is O=C(Cc1cc(Cl)c2c(c1)OCCCO2)NCCc1ccc(C(F)(F)F)cc1. The zero-order chi connectivity index (χ0) is 20.1. The van der Waals surface area contributed by atoms with Crippen LogP contribution in [-0.4, -0.2) is 25.7 Å². The van der Waals surface area contributed by atoms with Crippen molar-refractivity contribution in [2.45, 2.75) is 25.4 Å². The summed E-state index contributed by atoms with van der Waals surface area (Å²) in [6.45, 7) is 1.37. The molecule has 0 saturated heterocycles. The van der Waals surface area contributed by atoms with Gasteiger partial charge in [0, 0.05) is 13.0 Å². The normalized spacial score (nSPS) is 13.7. The number of halogens is 4. The smallest absolute Gasteiger partial charge is 0.416 e. The molecule has 28 heavy (non-hydrogen) atoms. The second-order valence-corrected chi connectivity index (χ2v) is 6.83. The van der Waals surface area contributed by atoms with Crippen LogP contribution in [0.3, 0.4) is 0 Å². The lowest BCUT2D eigenvalue weighted by molar-refractivity contribution is -0.137. The van der Waals surface area contributed by atoms with Gasteiger partial charge in [0.1, 0.15) is 0 Å². The van der Waals surface area contributed by atoms with Gasteiger partial charge in [-0.3, -0.25) is 4.79 Å². The van der Waals surface area contributed by atoms with Gasteiger partial charge in [-0.2, -0.15) is 13.2 Å². The van der Waals surface area contributed by atoms with Crippen molar-refractivity contribution in [3.8, 4) is 11.5 Å². The van der Waals surface area contributed by atoms with Crippen molar-refractivity contribution < 1.29 is 27.4 Å². The third-order valence-corrected chi connectivity index (χ3v) is 4.52. The number of hydrogen-bond acceptors (Lipinski definition) is 3. The largest absolute Gasteiger partial charge is 0.489 e. The standard InChI is InChI=1S/C20H19ClF3NO3/c21-16-10-14(11-17-19(16)28-9-1-8-27-17)12-18(26)25-7-6-13-2-4-15(5-3-13)20(22,23)24/h2-5,10-11H,1,6-9,12H2,(H,25,26). The third-order valence-electron chi connectivity index (χ3n) is 4.24. The summed E-state index contributed by atoms with van der Waals surface area (Å²) in [7, 11) is 0. The molecule has 1 aliphatic heterocycles. The van der Waals surface area contributed by atoms with Crippen molar-refractivity contribution in [3.05, 3.63) is 58.1 Å². The minimum absolute atomic E-state index is 0.114. The van der Waals surface area contributed by atoms with Crippen molar-refractivity contribution >= 4 is 17.5 Å². The molecule has 1 heterocycles. The second-order valence-electron chi connectivity index (χ2n) is 6.43. The van der Waals surface area contributed by atoms with Crippen molar-refractivity contribution in [2.75, 3.05) is 19.8 Å². The summed E-state index contributed by atoms with van der Waals surface area (Å²) in [5.41, 5.74) is 0.722. The van der Waals surface area contributed by atoms with Crippen LogP contribution in [0.2, 0.25) is 5.02 Å². The Hall–Kier alpha value is -2.41. The molecule has 0 fully saturated rings. The number of benzene rings is 2. The lowest BCUT2D eigenvalue weighted by Crippen LogP contribution is -2.27. The quantitative estimate of drug-likeness (QED) is 0.789. The number of fused-ring (bicyclic) bond motifs is 1. The number of carbonyl (C=O) groups is 1. The molecule has 2 aromatic carbocycles. The first-order chi connectivity index (χ1) is 13.3. The summed E-state index contributed by atoms with van der Waals surface area (Å²) in [6.07, 6.45) is -3.05. The molecular formula is C20H19ClF3NO3. The fraction of sp³-hybridized carbons (Fsp3) is 0.350. The van der Waals surface area contributed by atoms with E-state index in [2.05, 4.69) is 5.32 Å². The van der Waals surface area contributed by atoms with E-state index >= 15 is 0 Å². The molecule has 0 spiro atoms. The molecule has 1 amide bonds. The number of nitrogens with one attached hydrogen (secondary N) is 1. The van der Waals surface area contributed by atoms with E-state index in [0.29, 0.717) is 53.8 Å². The first kappa shape index (κ1) is 20.3. The van der Waals surface area contributed by atoms with Crippen LogP contribution in [0.15, 0.2) is 36.4 Å². The van der Waals surface area contributed by atoms with E-state index in [-0.39, 0.29) is 12.3 Å². The highest BCUT2D eigenvalue weighted by molar-refractivity contribution is 6.32. The van der Waals surface area contributed by atoms with E-state index in [1.54, 1.807) is 12.1 Å².